The van der Waals surface area contributed by atoms with Crippen molar-refractivity contribution in [1.82, 2.24) is 4.57 Å². The number of carboxylic acid groups (broad SMARTS) is 2. The average molecular weight is 225 g/mol. The first-order chi connectivity index (χ1) is 7.36. The maximum absolute atomic E-state index is 11.0. The molecule has 0 fully saturated rings. The van der Waals surface area contributed by atoms with E-state index in [0.29, 0.717) is 12.0 Å². The third-order valence-electron chi connectivity index (χ3n) is 2.87. The topological polar surface area (TPSA) is 79.5 Å². The molecule has 2 N–H and O–H groups in total. The highest BCUT2D eigenvalue weighted by Gasteiger charge is 2.20. The summed E-state index contributed by atoms with van der Waals surface area (Å²) in [5.41, 5.74) is 2.53. The molecular formula is C11H15NO4. The zero-order chi connectivity index (χ0) is 12.5. The summed E-state index contributed by atoms with van der Waals surface area (Å²) in [5, 5.41) is 17.6. The van der Waals surface area contributed by atoms with E-state index in [1.807, 2.05) is 0 Å². The van der Waals surface area contributed by atoms with Gasteiger partial charge in [-0.3, -0.25) is 4.79 Å². The fourth-order valence-corrected chi connectivity index (χ4v) is 1.94. The first-order valence-electron chi connectivity index (χ1n) is 4.96. The number of carbonyl (C=O) groups is 2. The molecule has 16 heavy (non-hydrogen) atoms. The normalized spacial score (nSPS) is 10.4. The van der Waals surface area contributed by atoms with Crippen LogP contribution in [0.25, 0.3) is 0 Å². The standard InChI is InChI=1S/C11H15NO4/c1-6-8(4-5-9(13)14)7(2)12(3)10(6)11(15)16/h4-5H2,1-3H3,(H,13,14)(H,15,16). The van der Waals surface area contributed by atoms with Gasteiger partial charge >= 0.3 is 11.9 Å². The molecule has 0 spiro atoms. The first kappa shape index (κ1) is 12.3. The minimum absolute atomic E-state index is 0.0186. The molecule has 0 bridgehead atoms. The molecule has 88 valence electrons. The van der Waals surface area contributed by atoms with Crippen LogP contribution < -0.4 is 0 Å². The van der Waals surface area contributed by atoms with Crippen molar-refractivity contribution in [3.8, 4) is 0 Å². The van der Waals surface area contributed by atoms with Gasteiger partial charge in [-0.2, -0.15) is 0 Å². The van der Waals surface area contributed by atoms with Crippen LogP contribution in [0.2, 0.25) is 0 Å². The van der Waals surface area contributed by atoms with Gasteiger partial charge in [0.1, 0.15) is 5.69 Å². The summed E-state index contributed by atoms with van der Waals surface area (Å²) in [5.74, 6) is -1.86. The Hall–Kier alpha value is -1.78. The van der Waals surface area contributed by atoms with Crippen LogP contribution in [-0.2, 0) is 18.3 Å². The Morgan fingerprint density at radius 3 is 2.19 bits per heavy atom. The zero-order valence-electron chi connectivity index (χ0n) is 9.57. The summed E-state index contributed by atoms with van der Waals surface area (Å²) < 4.78 is 1.59. The van der Waals surface area contributed by atoms with Crippen molar-refractivity contribution in [2.45, 2.75) is 26.7 Å². The molecule has 0 aliphatic rings. The zero-order valence-corrected chi connectivity index (χ0v) is 9.57. The molecular weight excluding hydrogens is 210 g/mol. The minimum Gasteiger partial charge on any atom is -0.481 e. The highest BCUT2D eigenvalue weighted by atomic mass is 16.4. The van der Waals surface area contributed by atoms with E-state index in [1.54, 1.807) is 25.5 Å². The number of nitrogens with zero attached hydrogens (tertiary/aromatic N) is 1. The monoisotopic (exact) mass is 225 g/mol. The summed E-state index contributed by atoms with van der Waals surface area (Å²) in [6.45, 7) is 3.52. The molecule has 5 heteroatoms. The Labute approximate surface area is 93.3 Å². The summed E-state index contributed by atoms with van der Waals surface area (Å²) in [4.78, 5) is 21.5. The SMILES string of the molecule is Cc1c(CCC(=O)O)c(C)n(C)c1C(=O)O. The van der Waals surface area contributed by atoms with Crippen molar-refractivity contribution in [3.05, 3.63) is 22.5 Å². The lowest BCUT2D eigenvalue weighted by molar-refractivity contribution is -0.136. The molecule has 0 atom stereocenters. The third-order valence-corrected chi connectivity index (χ3v) is 2.87. The number of rotatable bonds is 4. The van der Waals surface area contributed by atoms with E-state index >= 15 is 0 Å². The number of carboxylic acids is 2. The Kier molecular flexibility index (Phi) is 3.37. The summed E-state index contributed by atoms with van der Waals surface area (Å²) in [6.07, 6.45) is 0.388. The van der Waals surface area contributed by atoms with E-state index < -0.39 is 11.9 Å². The van der Waals surface area contributed by atoms with Gasteiger partial charge in [0, 0.05) is 19.2 Å². The van der Waals surface area contributed by atoms with Gasteiger partial charge in [0.25, 0.3) is 0 Å². The van der Waals surface area contributed by atoms with Crippen LogP contribution in [-0.4, -0.2) is 26.7 Å². The second-order valence-corrected chi connectivity index (χ2v) is 3.80. The number of hydrogen-bond donors (Lipinski definition) is 2. The van der Waals surface area contributed by atoms with Crippen LogP contribution in [0.1, 0.15) is 33.7 Å². The number of hydrogen-bond acceptors (Lipinski definition) is 2. The van der Waals surface area contributed by atoms with Gasteiger partial charge in [-0.25, -0.2) is 4.79 Å². The quantitative estimate of drug-likeness (QED) is 0.810. The molecule has 0 unspecified atom stereocenters. The van der Waals surface area contributed by atoms with Crippen LogP contribution in [0, 0.1) is 13.8 Å². The van der Waals surface area contributed by atoms with E-state index in [0.717, 1.165) is 11.3 Å². The van der Waals surface area contributed by atoms with Crippen molar-refractivity contribution in [2.75, 3.05) is 0 Å². The summed E-state index contributed by atoms with van der Waals surface area (Å²) in [7, 11) is 1.68. The lowest BCUT2D eigenvalue weighted by Gasteiger charge is -2.01. The second-order valence-electron chi connectivity index (χ2n) is 3.80. The number of aromatic carboxylic acids is 1. The Bertz CT molecular complexity index is 445. The van der Waals surface area contributed by atoms with Crippen molar-refractivity contribution in [1.29, 1.82) is 0 Å². The molecule has 1 aromatic rings. The van der Waals surface area contributed by atoms with E-state index in [1.165, 1.54) is 0 Å². The Morgan fingerprint density at radius 1 is 1.25 bits per heavy atom. The smallest absolute Gasteiger partial charge is 0.352 e. The van der Waals surface area contributed by atoms with E-state index in [9.17, 15) is 9.59 Å². The Morgan fingerprint density at radius 2 is 1.81 bits per heavy atom. The Balaban J connectivity index is 3.15. The molecule has 1 rings (SSSR count). The lowest BCUT2D eigenvalue weighted by Crippen LogP contribution is -2.06. The van der Waals surface area contributed by atoms with Crippen molar-refractivity contribution < 1.29 is 19.8 Å². The average Bonchev–Trinajstić information content (AvgIpc) is 2.36. The van der Waals surface area contributed by atoms with Crippen molar-refractivity contribution in [2.24, 2.45) is 7.05 Å². The highest BCUT2D eigenvalue weighted by molar-refractivity contribution is 5.88. The van der Waals surface area contributed by atoms with Crippen LogP contribution in [0.15, 0.2) is 0 Å². The number of aliphatic carboxylic acids is 1. The second kappa shape index (κ2) is 4.38. The molecule has 0 aliphatic heterocycles. The first-order valence-corrected chi connectivity index (χ1v) is 4.96. The van der Waals surface area contributed by atoms with Gasteiger partial charge in [-0.1, -0.05) is 0 Å². The summed E-state index contributed by atoms with van der Waals surface area (Å²) in [6, 6.07) is 0. The largest absolute Gasteiger partial charge is 0.481 e. The molecule has 5 nitrogen and oxygen atoms in total. The fraction of sp³-hybridized carbons (Fsp3) is 0.455. The van der Waals surface area contributed by atoms with Crippen LogP contribution in [0.4, 0.5) is 0 Å². The van der Waals surface area contributed by atoms with Crippen molar-refractivity contribution in [3.63, 3.8) is 0 Å². The van der Waals surface area contributed by atoms with Gasteiger partial charge in [0.15, 0.2) is 0 Å². The summed E-state index contributed by atoms with van der Waals surface area (Å²) >= 11 is 0. The maximum atomic E-state index is 11.0. The molecule has 0 aromatic carbocycles. The van der Waals surface area contributed by atoms with Gasteiger partial charge < -0.3 is 14.8 Å². The van der Waals surface area contributed by atoms with Gasteiger partial charge in [0.2, 0.25) is 0 Å². The van der Waals surface area contributed by atoms with Crippen LogP contribution in [0.3, 0.4) is 0 Å². The fourth-order valence-electron chi connectivity index (χ4n) is 1.94. The molecule has 1 aromatic heterocycles. The van der Waals surface area contributed by atoms with Gasteiger partial charge in [0.05, 0.1) is 0 Å². The predicted octanol–water partition coefficient (Wildman–Crippen LogP) is 1.36. The van der Waals surface area contributed by atoms with Crippen LogP contribution >= 0.6 is 0 Å². The van der Waals surface area contributed by atoms with Gasteiger partial charge in [-0.05, 0) is 31.4 Å². The molecule has 0 radical (unpaired) electrons. The van der Waals surface area contributed by atoms with Gasteiger partial charge in [-0.15, -0.1) is 0 Å². The minimum atomic E-state index is -0.982. The maximum Gasteiger partial charge on any atom is 0.352 e. The molecule has 0 saturated heterocycles. The highest BCUT2D eigenvalue weighted by Crippen LogP contribution is 2.22. The molecule has 0 saturated carbocycles. The number of aromatic nitrogens is 1. The van der Waals surface area contributed by atoms with E-state index in [4.69, 9.17) is 10.2 Å². The third kappa shape index (κ3) is 2.08. The molecule has 0 amide bonds. The molecule has 0 aliphatic carbocycles. The lowest BCUT2D eigenvalue weighted by atomic mass is 10.1. The van der Waals surface area contributed by atoms with Crippen molar-refractivity contribution >= 4 is 11.9 Å². The van der Waals surface area contributed by atoms with E-state index in [2.05, 4.69) is 0 Å². The van der Waals surface area contributed by atoms with Crippen LogP contribution in [0.5, 0.6) is 0 Å². The predicted molar refractivity (Wildman–Crippen MR) is 57.8 cm³/mol. The van der Waals surface area contributed by atoms with E-state index in [-0.39, 0.29) is 12.1 Å². The molecule has 1 heterocycles.